The molecule has 2 aromatic carbocycles. The summed E-state index contributed by atoms with van der Waals surface area (Å²) in [5.41, 5.74) is 8.41. The first-order valence-electron chi connectivity index (χ1n) is 11.2. The van der Waals surface area contributed by atoms with Crippen LogP contribution in [0, 0.1) is 17.1 Å². The molecule has 0 aliphatic rings. The van der Waals surface area contributed by atoms with Crippen LogP contribution in [-0.2, 0) is 17.8 Å². The topological polar surface area (TPSA) is 129 Å². The molecule has 1 aromatic heterocycles. The third-order valence-corrected chi connectivity index (χ3v) is 5.33. The van der Waals surface area contributed by atoms with Crippen LogP contribution < -0.4 is 16.4 Å². The molecule has 0 bridgehead atoms. The summed E-state index contributed by atoms with van der Waals surface area (Å²) in [6.07, 6.45) is 1.13. The lowest BCUT2D eigenvalue weighted by Gasteiger charge is -2.18. The average Bonchev–Trinajstić information content (AvgIpc) is 3.17. The van der Waals surface area contributed by atoms with Crippen LogP contribution in [0.1, 0.15) is 29.7 Å². The monoisotopic (exact) mass is 477 g/mol. The second kappa shape index (κ2) is 12.2. The zero-order valence-corrected chi connectivity index (χ0v) is 19.5. The number of carbonyl (C=O) groups excluding carboxylic acids is 2. The molecule has 1 heterocycles. The van der Waals surface area contributed by atoms with Gasteiger partial charge in [-0.1, -0.05) is 30.3 Å². The SMILES string of the molecule is CN(Cc1ccccc1)C(=O)NCCC(=O)NCCCc1nn(-c2ccc(F)cc2)c(N)c1C#N. The molecular weight excluding hydrogens is 449 g/mol. The van der Waals surface area contributed by atoms with Gasteiger partial charge >= 0.3 is 6.03 Å². The van der Waals surface area contributed by atoms with Crippen LogP contribution in [-0.4, -0.2) is 46.8 Å². The molecule has 0 radical (unpaired) electrons. The second-order valence-corrected chi connectivity index (χ2v) is 7.98. The van der Waals surface area contributed by atoms with Crippen molar-refractivity contribution in [1.82, 2.24) is 25.3 Å². The molecule has 0 aliphatic heterocycles. The number of amides is 3. The fraction of sp³-hybridized carbons (Fsp3) is 0.280. The predicted octanol–water partition coefficient (Wildman–Crippen LogP) is 2.75. The van der Waals surface area contributed by atoms with Gasteiger partial charge in [0.1, 0.15) is 23.3 Å². The number of hydrogen-bond donors (Lipinski definition) is 3. The summed E-state index contributed by atoms with van der Waals surface area (Å²) in [6, 6.07) is 17.1. The first-order valence-corrected chi connectivity index (χ1v) is 11.2. The van der Waals surface area contributed by atoms with Gasteiger partial charge in [0.15, 0.2) is 0 Å². The van der Waals surface area contributed by atoms with E-state index in [0.717, 1.165) is 5.56 Å². The molecule has 3 rings (SSSR count). The minimum absolute atomic E-state index is 0.153. The van der Waals surface area contributed by atoms with Crippen LogP contribution >= 0.6 is 0 Å². The van der Waals surface area contributed by atoms with Crippen LogP contribution in [0.2, 0.25) is 0 Å². The Morgan fingerprint density at radius 2 is 1.83 bits per heavy atom. The molecule has 3 aromatic rings. The molecule has 0 aliphatic carbocycles. The highest BCUT2D eigenvalue weighted by Crippen LogP contribution is 2.21. The van der Waals surface area contributed by atoms with E-state index in [4.69, 9.17) is 5.73 Å². The summed E-state index contributed by atoms with van der Waals surface area (Å²) >= 11 is 0. The van der Waals surface area contributed by atoms with Gasteiger partial charge in [-0.25, -0.2) is 13.9 Å². The van der Waals surface area contributed by atoms with Crippen LogP contribution in [0.5, 0.6) is 0 Å². The number of halogens is 1. The van der Waals surface area contributed by atoms with E-state index >= 15 is 0 Å². The molecule has 35 heavy (non-hydrogen) atoms. The third-order valence-electron chi connectivity index (χ3n) is 5.33. The van der Waals surface area contributed by atoms with Gasteiger partial charge in [-0.15, -0.1) is 0 Å². The summed E-state index contributed by atoms with van der Waals surface area (Å²) < 4.78 is 14.6. The number of hydrogen-bond acceptors (Lipinski definition) is 5. The lowest BCUT2D eigenvalue weighted by Crippen LogP contribution is -2.38. The van der Waals surface area contributed by atoms with Crippen molar-refractivity contribution >= 4 is 17.8 Å². The van der Waals surface area contributed by atoms with Crippen molar-refractivity contribution in [2.24, 2.45) is 0 Å². The van der Waals surface area contributed by atoms with Crippen molar-refractivity contribution in [2.75, 3.05) is 25.9 Å². The van der Waals surface area contributed by atoms with E-state index in [1.165, 1.54) is 28.9 Å². The van der Waals surface area contributed by atoms with E-state index in [9.17, 15) is 19.2 Å². The zero-order valence-electron chi connectivity index (χ0n) is 19.5. The fourth-order valence-corrected chi connectivity index (χ4v) is 3.47. The largest absolute Gasteiger partial charge is 0.382 e. The fourth-order valence-electron chi connectivity index (χ4n) is 3.47. The maximum atomic E-state index is 13.2. The van der Waals surface area contributed by atoms with Crippen LogP contribution in [0.25, 0.3) is 5.69 Å². The summed E-state index contributed by atoms with van der Waals surface area (Å²) in [4.78, 5) is 25.8. The minimum atomic E-state index is -0.380. The number of aromatic nitrogens is 2. The zero-order chi connectivity index (χ0) is 25.2. The quantitative estimate of drug-likeness (QED) is 0.387. The maximum Gasteiger partial charge on any atom is 0.317 e. The number of nitrogen functional groups attached to an aromatic ring is 1. The molecule has 9 nitrogen and oxygen atoms in total. The lowest BCUT2D eigenvalue weighted by molar-refractivity contribution is -0.120. The van der Waals surface area contributed by atoms with Crippen molar-refractivity contribution in [1.29, 1.82) is 5.26 Å². The molecule has 0 saturated heterocycles. The highest BCUT2D eigenvalue weighted by atomic mass is 19.1. The summed E-state index contributed by atoms with van der Waals surface area (Å²) in [7, 11) is 1.70. The van der Waals surface area contributed by atoms with Gasteiger partial charge in [0.2, 0.25) is 5.91 Å². The van der Waals surface area contributed by atoms with Crippen LogP contribution in [0.15, 0.2) is 54.6 Å². The van der Waals surface area contributed by atoms with Crippen LogP contribution in [0.3, 0.4) is 0 Å². The van der Waals surface area contributed by atoms with Crippen molar-refractivity contribution in [3.8, 4) is 11.8 Å². The highest BCUT2D eigenvalue weighted by molar-refractivity contribution is 5.78. The standard InChI is InChI=1S/C25H28FN7O2/c1-32(17-18-6-3-2-4-7-18)25(35)30-15-13-23(34)29-14-5-8-22-21(16-27)24(28)33(31-22)20-11-9-19(26)10-12-20/h2-4,6-7,9-12H,5,8,13-15,17,28H2,1H3,(H,29,34)(H,30,35). The Bertz CT molecular complexity index is 1190. The van der Waals surface area contributed by atoms with Gasteiger partial charge in [-0.3, -0.25) is 4.79 Å². The number of aryl methyl sites for hydroxylation is 1. The molecule has 0 spiro atoms. The number of nitrogens with two attached hydrogens (primary N) is 1. The van der Waals surface area contributed by atoms with Gasteiger partial charge < -0.3 is 21.3 Å². The van der Waals surface area contributed by atoms with Crippen LogP contribution in [0.4, 0.5) is 15.0 Å². The van der Waals surface area contributed by atoms with Crippen molar-refractivity contribution < 1.29 is 14.0 Å². The third kappa shape index (κ3) is 7.04. The van der Waals surface area contributed by atoms with E-state index in [2.05, 4.69) is 21.8 Å². The van der Waals surface area contributed by atoms with Gasteiger partial charge in [0.05, 0.1) is 11.4 Å². The molecule has 0 fully saturated rings. The van der Waals surface area contributed by atoms with E-state index < -0.39 is 0 Å². The van der Waals surface area contributed by atoms with Crippen molar-refractivity contribution in [2.45, 2.75) is 25.8 Å². The maximum absolute atomic E-state index is 13.2. The molecular formula is C25H28FN7O2. The first-order chi connectivity index (χ1) is 16.9. The lowest BCUT2D eigenvalue weighted by atomic mass is 10.1. The number of nitrogens with one attached hydrogen (secondary N) is 2. The Morgan fingerprint density at radius 3 is 2.51 bits per heavy atom. The van der Waals surface area contributed by atoms with E-state index in [0.29, 0.717) is 37.3 Å². The Morgan fingerprint density at radius 1 is 1.11 bits per heavy atom. The number of urea groups is 1. The molecule has 0 atom stereocenters. The number of rotatable bonds is 10. The summed E-state index contributed by atoms with van der Waals surface area (Å²) in [6.45, 7) is 1.08. The van der Waals surface area contributed by atoms with E-state index in [1.54, 1.807) is 11.9 Å². The number of carbonyl (C=O) groups is 2. The average molecular weight is 478 g/mol. The van der Waals surface area contributed by atoms with Crippen molar-refractivity contribution in [3.63, 3.8) is 0 Å². The molecule has 0 unspecified atom stereocenters. The Labute approximate surface area is 203 Å². The van der Waals surface area contributed by atoms with Gasteiger partial charge in [-0.05, 0) is 42.7 Å². The minimum Gasteiger partial charge on any atom is -0.382 e. The van der Waals surface area contributed by atoms with Crippen molar-refractivity contribution in [3.05, 3.63) is 77.2 Å². The number of anilines is 1. The Balaban J connectivity index is 1.39. The van der Waals surface area contributed by atoms with Gasteiger partial charge in [0, 0.05) is 33.1 Å². The predicted molar refractivity (Wildman–Crippen MR) is 130 cm³/mol. The molecule has 3 amide bonds. The number of benzene rings is 2. The number of nitriles is 1. The normalized spacial score (nSPS) is 10.4. The summed E-state index contributed by atoms with van der Waals surface area (Å²) in [5, 5.41) is 19.4. The smallest absolute Gasteiger partial charge is 0.317 e. The van der Waals surface area contributed by atoms with E-state index in [1.807, 2.05) is 30.3 Å². The summed E-state index contributed by atoms with van der Waals surface area (Å²) in [5.74, 6) is -0.381. The molecule has 0 saturated carbocycles. The highest BCUT2D eigenvalue weighted by Gasteiger charge is 2.16. The van der Waals surface area contributed by atoms with Gasteiger partial charge in [0.25, 0.3) is 0 Å². The Kier molecular flexibility index (Phi) is 8.78. The first kappa shape index (κ1) is 25.2. The molecule has 10 heteroatoms. The molecule has 4 N–H and O–H groups in total. The number of nitrogens with zero attached hydrogens (tertiary/aromatic N) is 4. The van der Waals surface area contributed by atoms with E-state index in [-0.39, 0.29) is 42.1 Å². The molecule has 182 valence electrons. The van der Waals surface area contributed by atoms with Gasteiger partial charge in [-0.2, -0.15) is 10.4 Å². The Hall–Kier alpha value is -4.39. The second-order valence-electron chi connectivity index (χ2n) is 7.98.